The van der Waals surface area contributed by atoms with Crippen molar-refractivity contribution >= 4 is 23.3 Å². The largest absolute Gasteiger partial charge is 0.378 e. The Morgan fingerprint density at radius 1 is 1.00 bits per heavy atom. The quantitative estimate of drug-likeness (QED) is 0.913. The molecule has 6 heteroatoms. The molecule has 2 aromatic rings. The van der Waals surface area contributed by atoms with Gasteiger partial charge in [-0.05, 0) is 30.3 Å². The molecule has 0 amide bonds. The number of carbonyl (C=O) groups excluding carboxylic acids is 1. The molecule has 0 aliphatic carbocycles. The zero-order chi connectivity index (χ0) is 16.6. The van der Waals surface area contributed by atoms with Crippen LogP contribution in [-0.2, 0) is 4.84 Å². The Morgan fingerprint density at radius 3 is 2.30 bits per heavy atom. The summed E-state index contributed by atoms with van der Waals surface area (Å²) < 4.78 is 0. The molecular formula is C17H16N4O2. The molecule has 6 nitrogen and oxygen atoms in total. The Labute approximate surface area is 133 Å². The molecule has 0 atom stereocenters. The third-order valence-corrected chi connectivity index (χ3v) is 3.62. The van der Waals surface area contributed by atoms with Crippen molar-refractivity contribution in [1.29, 1.82) is 10.8 Å². The number of rotatable bonds is 3. The molecule has 0 aromatic heterocycles. The fourth-order valence-electron chi connectivity index (χ4n) is 2.34. The van der Waals surface area contributed by atoms with E-state index in [1.807, 2.05) is 31.1 Å². The SMILES string of the molecule is CN(C)c1ccc2c(c1)C(=N)N(OC(=O)c1ccccc1)C2=N. The van der Waals surface area contributed by atoms with Gasteiger partial charge in [0.2, 0.25) is 0 Å². The highest BCUT2D eigenvalue weighted by atomic mass is 16.7. The van der Waals surface area contributed by atoms with Gasteiger partial charge in [-0.25, -0.2) is 4.79 Å². The molecule has 0 unspecified atom stereocenters. The van der Waals surface area contributed by atoms with Gasteiger partial charge in [0.25, 0.3) is 0 Å². The molecule has 1 aliphatic rings. The zero-order valence-corrected chi connectivity index (χ0v) is 12.8. The Kier molecular flexibility index (Phi) is 3.57. The first-order valence-electron chi connectivity index (χ1n) is 7.05. The topological polar surface area (TPSA) is 80.5 Å². The van der Waals surface area contributed by atoms with Crippen LogP contribution >= 0.6 is 0 Å². The summed E-state index contributed by atoms with van der Waals surface area (Å²) in [5.41, 5.74) is 2.43. The third kappa shape index (κ3) is 2.55. The Hall–Kier alpha value is -3.15. The lowest BCUT2D eigenvalue weighted by Crippen LogP contribution is -2.32. The smallest absolute Gasteiger partial charge is 0.363 e. The maximum absolute atomic E-state index is 12.2. The number of hydrogen-bond donors (Lipinski definition) is 2. The summed E-state index contributed by atoms with van der Waals surface area (Å²) in [6.45, 7) is 0. The van der Waals surface area contributed by atoms with E-state index in [4.69, 9.17) is 15.7 Å². The van der Waals surface area contributed by atoms with Crippen LogP contribution in [0.15, 0.2) is 48.5 Å². The molecule has 116 valence electrons. The molecule has 2 aromatic carbocycles. The Morgan fingerprint density at radius 2 is 1.65 bits per heavy atom. The van der Waals surface area contributed by atoms with Crippen molar-refractivity contribution in [3.05, 3.63) is 65.2 Å². The van der Waals surface area contributed by atoms with E-state index in [2.05, 4.69) is 0 Å². The highest BCUT2D eigenvalue weighted by Crippen LogP contribution is 2.27. The molecule has 0 radical (unpaired) electrons. The first-order valence-corrected chi connectivity index (χ1v) is 7.05. The molecule has 0 fully saturated rings. The predicted octanol–water partition coefficient (Wildman–Crippen LogP) is 2.49. The fraction of sp³-hybridized carbons (Fsp3) is 0.118. The summed E-state index contributed by atoms with van der Waals surface area (Å²) >= 11 is 0. The van der Waals surface area contributed by atoms with Gasteiger partial charge in [-0.15, -0.1) is 5.06 Å². The number of hydrogen-bond acceptors (Lipinski definition) is 5. The fourth-order valence-corrected chi connectivity index (χ4v) is 2.34. The number of carbonyl (C=O) groups is 1. The van der Waals surface area contributed by atoms with Gasteiger partial charge in [-0.2, -0.15) is 0 Å². The minimum atomic E-state index is -0.597. The minimum absolute atomic E-state index is 0.0143. The summed E-state index contributed by atoms with van der Waals surface area (Å²) in [4.78, 5) is 19.3. The standard InChI is InChI=1S/C17H16N4O2/c1-20(2)12-8-9-13-14(10-12)16(19)21(15(13)18)23-17(22)11-6-4-3-5-7-11/h3-10,18-19H,1-2H3. The second-order valence-electron chi connectivity index (χ2n) is 5.36. The summed E-state index contributed by atoms with van der Waals surface area (Å²) in [7, 11) is 3.80. The van der Waals surface area contributed by atoms with Crippen LogP contribution in [-0.4, -0.2) is 36.8 Å². The summed E-state index contributed by atoms with van der Waals surface area (Å²) in [5, 5.41) is 17.3. The van der Waals surface area contributed by atoms with Gasteiger partial charge in [0.1, 0.15) is 0 Å². The summed E-state index contributed by atoms with van der Waals surface area (Å²) in [6.07, 6.45) is 0. The third-order valence-electron chi connectivity index (χ3n) is 3.62. The molecule has 2 N–H and O–H groups in total. The monoisotopic (exact) mass is 308 g/mol. The Balaban J connectivity index is 1.87. The van der Waals surface area contributed by atoms with E-state index in [1.54, 1.807) is 36.4 Å². The highest BCUT2D eigenvalue weighted by molar-refractivity contribution is 6.23. The van der Waals surface area contributed by atoms with Crippen molar-refractivity contribution in [2.75, 3.05) is 19.0 Å². The van der Waals surface area contributed by atoms with Crippen molar-refractivity contribution in [3.8, 4) is 0 Å². The number of nitrogens with one attached hydrogen (secondary N) is 2. The van der Waals surface area contributed by atoms with E-state index in [1.165, 1.54) is 0 Å². The summed E-state index contributed by atoms with van der Waals surface area (Å²) in [6, 6.07) is 14.0. The molecule has 1 heterocycles. The zero-order valence-electron chi connectivity index (χ0n) is 12.8. The van der Waals surface area contributed by atoms with Crippen molar-refractivity contribution < 1.29 is 9.63 Å². The van der Waals surface area contributed by atoms with E-state index >= 15 is 0 Å². The first kappa shape index (κ1) is 14.8. The van der Waals surface area contributed by atoms with Gasteiger partial charge in [0, 0.05) is 30.9 Å². The predicted molar refractivity (Wildman–Crippen MR) is 88.1 cm³/mol. The molecule has 3 rings (SSSR count). The number of benzene rings is 2. The molecule has 1 aliphatic heterocycles. The van der Waals surface area contributed by atoms with Crippen LogP contribution in [0.2, 0.25) is 0 Å². The van der Waals surface area contributed by atoms with Crippen molar-refractivity contribution in [1.82, 2.24) is 5.06 Å². The normalized spacial score (nSPS) is 13.0. The summed E-state index contributed by atoms with van der Waals surface area (Å²) in [5.74, 6) is -0.627. The average molecular weight is 308 g/mol. The molecule has 0 spiro atoms. The van der Waals surface area contributed by atoms with Gasteiger partial charge in [0.15, 0.2) is 11.7 Å². The van der Waals surface area contributed by atoms with Crippen molar-refractivity contribution in [2.24, 2.45) is 0 Å². The lowest BCUT2D eigenvalue weighted by molar-refractivity contribution is -0.0131. The lowest BCUT2D eigenvalue weighted by Gasteiger charge is -2.16. The number of nitrogens with zero attached hydrogens (tertiary/aromatic N) is 2. The van der Waals surface area contributed by atoms with E-state index in [9.17, 15) is 4.79 Å². The van der Waals surface area contributed by atoms with Gasteiger partial charge in [0.05, 0.1) is 5.56 Å². The van der Waals surface area contributed by atoms with E-state index in [-0.39, 0.29) is 11.7 Å². The van der Waals surface area contributed by atoms with Crippen LogP contribution in [0.1, 0.15) is 21.5 Å². The van der Waals surface area contributed by atoms with Crippen molar-refractivity contribution in [2.45, 2.75) is 0 Å². The molecular weight excluding hydrogens is 292 g/mol. The van der Waals surface area contributed by atoms with Crippen LogP contribution in [0.3, 0.4) is 0 Å². The number of hydroxylamine groups is 2. The highest BCUT2D eigenvalue weighted by Gasteiger charge is 2.33. The average Bonchev–Trinajstić information content (AvgIpc) is 2.80. The minimum Gasteiger partial charge on any atom is -0.378 e. The van der Waals surface area contributed by atoms with Gasteiger partial charge >= 0.3 is 5.97 Å². The van der Waals surface area contributed by atoms with Gasteiger partial charge in [-0.1, -0.05) is 18.2 Å². The number of anilines is 1. The second-order valence-corrected chi connectivity index (χ2v) is 5.36. The van der Waals surface area contributed by atoms with E-state index in [0.29, 0.717) is 16.7 Å². The van der Waals surface area contributed by atoms with Crippen LogP contribution in [0.25, 0.3) is 0 Å². The molecule has 23 heavy (non-hydrogen) atoms. The van der Waals surface area contributed by atoms with Crippen LogP contribution in [0.4, 0.5) is 5.69 Å². The van der Waals surface area contributed by atoms with E-state index < -0.39 is 5.97 Å². The maximum Gasteiger partial charge on any atom is 0.363 e. The molecule has 0 saturated carbocycles. The van der Waals surface area contributed by atoms with E-state index in [0.717, 1.165) is 10.8 Å². The second kappa shape index (κ2) is 5.57. The Bertz CT molecular complexity index is 799. The number of amidine groups is 2. The van der Waals surface area contributed by atoms with Crippen LogP contribution < -0.4 is 4.90 Å². The van der Waals surface area contributed by atoms with Crippen LogP contribution in [0, 0.1) is 10.8 Å². The van der Waals surface area contributed by atoms with Gasteiger partial charge < -0.3 is 9.74 Å². The lowest BCUT2D eigenvalue weighted by atomic mass is 10.1. The first-order chi connectivity index (χ1) is 11.0. The molecule has 0 bridgehead atoms. The number of fused-ring (bicyclic) bond motifs is 1. The maximum atomic E-state index is 12.2. The molecule has 0 saturated heterocycles. The van der Waals surface area contributed by atoms with Gasteiger partial charge in [-0.3, -0.25) is 10.8 Å². The van der Waals surface area contributed by atoms with Crippen LogP contribution in [0.5, 0.6) is 0 Å². The van der Waals surface area contributed by atoms with Crippen molar-refractivity contribution in [3.63, 3.8) is 0 Å².